The zero-order valence-corrected chi connectivity index (χ0v) is 21.3. The number of aliphatic imine (C=N–C) groups is 1. The summed E-state index contributed by atoms with van der Waals surface area (Å²) in [4.78, 5) is 11.3. The SMILES string of the molecule is CCNC(=NCc1ccc(Cn2ccnc2)cc1)NC(C)CCCN(CC)CC.I. The van der Waals surface area contributed by atoms with Crippen molar-refractivity contribution in [2.24, 2.45) is 4.99 Å². The van der Waals surface area contributed by atoms with Gasteiger partial charge >= 0.3 is 0 Å². The fourth-order valence-electron chi connectivity index (χ4n) is 3.30. The van der Waals surface area contributed by atoms with Crippen LogP contribution in [-0.2, 0) is 13.1 Å². The Bertz CT molecular complexity index is 695. The minimum Gasteiger partial charge on any atom is -0.357 e. The van der Waals surface area contributed by atoms with Gasteiger partial charge in [0.1, 0.15) is 0 Å². The minimum atomic E-state index is 0. The van der Waals surface area contributed by atoms with Crippen LogP contribution in [0.1, 0.15) is 51.7 Å². The van der Waals surface area contributed by atoms with Crippen molar-refractivity contribution in [3.05, 3.63) is 54.1 Å². The van der Waals surface area contributed by atoms with Gasteiger partial charge < -0.3 is 20.1 Å². The summed E-state index contributed by atoms with van der Waals surface area (Å²) >= 11 is 0. The lowest BCUT2D eigenvalue weighted by Crippen LogP contribution is -2.42. The highest BCUT2D eigenvalue weighted by molar-refractivity contribution is 14.0. The normalized spacial score (nSPS) is 12.5. The van der Waals surface area contributed by atoms with Gasteiger partial charge in [0.15, 0.2) is 5.96 Å². The summed E-state index contributed by atoms with van der Waals surface area (Å²) in [5.74, 6) is 0.894. The first kappa shape index (κ1) is 26.4. The maximum atomic E-state index is 4.77. The number of hydrogen-bond donors (Lipinski definition) is 2. The van der Waals surface area contributed by atoms with Gasteiger partial charge in [-0.25, -0.2) is 9.98 Å². The largest absolute Gasteiger partial charge is 0.357 e. The second-order valence-corrected chi connectivity index (χ2v) is 7.46. The summed E-state index contributed by atoms with van der Waals surface area (Å²) in [7, 11) is 0. The van der Waals surface area contributed by atoms with Crippen molar-refractivity contribution in [3.63, 3.8) is 0 Å². The van der Waals surface area contributed by atoms with E-state index in [9.17, 15) is 0 Å². The van der Waals surface area contributed by atoms with Crippen molar-refractivity contribution in [1.82, 2.24) is 25.1 Å². The van der Waals surface area contributed by atoms with Gasteiger partial charge in [-0.05, 0) is 57.5 Å². The lowest BCUT2D eigenvalue weighted by atomic mass is 10.1. The van der Waals surface area contributed by atoms with Gasteiger partial charge in [-0.15, -0.1) is 24.0 Å². The number of halogens is 1. The Hall–Kier alpha value is -1.61. The molecule has 1 atom stereocenters. The molecule has 1 heterocycles. The molecule has 0 aliphatic rings. The Morgan fingerprint density at radius 2 is 1.83 bits per heavy atom. The highest BCUT2D eigenvalue weighted by atomic mass is 127. The summed E-state index contributed by atoms with van der Waals surface area (Å²) < 4.78 is 2.07. The molecule has 1 unspecified atom stereocenters. The van der Waals surface area contributed by atoms with E-state index in [2.05, 4.69) is 77.0 Å². The number of nitrogens with one attached hydrogen (secondary N) is 2. The van der Waals surface area contributed by atoms with E-state index < -0.39 is 0 Å². The molecule has 2 N–H and O–H groups in total. The number of imidazole rings is 1. The molecule has 0 amide bonds. The zero-order valence-electron chi connectivity index (χ0n) is 19.0. The molecular weight excluding hydrogens is 487 g/mol. The molecule has 0 radical (unpaired) electrons. The fourth-order valence-corrected chi connectivity index (χ4v) is 3.30. The molecule has 1 aromatic carbocycles. The zero-order chi connectivity index (χ0) is 20.9. The maximum absolute atomic E-state index is 4.77. The predicted molar refractivity (Wildman–Crippen MR) is 138 cm³/mol. The highest BCUT2D eigenvalue weighted by Crippen LogP contribution is 2.08. The smallest absolute Gasteiger partial charge is 0.191 e. The molecular formula is C23H39IN6. The third kappa shape index (κ3) is 9.93. The molecule has 0 spiro atoms. The van der Waals surface area contributed by atoms with Crippen molar-refractivity contribution in [3.8, 4) is 0 Å². The van der Waals surface area contributed by atoms with Crippen molar-refractivity contribution in [2.45, 2.75) is 59.7 Å². The Morgan fingerprint density at radius 3 is 2.43 bits per heavy atom. The van der Waals surface area contributed by atoms with Gasteiger partial charge in [-0.3, -0.25) is 0 Å². The van der Waals surface area contributed by atoms with E-state index in [-0.39, 0.29) is 24.0 Å². The number of benzene rings is 1. The number of guanidine groups is 1. The summed E-state index contributed by atoms with van der Waals surface area (Å²) in [5.41, 5.74) is 2.48. The number of rotatable bonds is 12. The third-order valence-corrected chi connectivity index (χ3v) is 5.10. The van der Waals surface area contributed by atoms with Gasteiger partial charge in [0.05, 0.1) is 12.9 Å². The van der Waals surface area contributed by atoms with Crippen LogP contribution in [0.2, 0.25) is 0 Å². The van der Waals surface area contributed by atoms with Crippen LogP contribution >= 0.6 is 24.0 Å². The molecule has 168 valence electrons. The summed E-state index contributed by atoms with van der Waals surface area (Å²) in [6.45, 7) is 14.6. The van der Waals surface area contributed by atoms with Crippen LogP contribution in [0.5, 0.6) is 0 Å². The monoisotopic (exact) mass is 526 g/mol. The van der Waals surface area contributed by atoms with Crippen LogP contribution in [-0.4, -0.2) is 52.6 Å². The topological polar surface area (TPSA) is 57.5 Å². The first-order valence-corrected chi connectivity index (χ1v) is 10.9. The van der Waals surface area contributed by atoms with E-state index in [1.165, 1.54) is 17.5 Å². The average molecular weight is 527 g/mol. The van der Waals surface area contributed by atoms with Crippen LogP contribution in [0.15, 0.2) is 48.0 Å². The Morgan fingerprint density at radius 1 is 1.13 bits per heavy atom. The van der Waals surface area contributed by atoms with Gasteiger partial charge in [0.25, 0.3) is 0 Å². The van der Waals surface area contributed by atoms with Gasteiger partial charge in [0.2, 0.25) is 0 Å². The Kier molecular flexibility index (Phi) is 13.4. The molecule has 0 fully saturated rings. The molecule has 30 heavy (non-hydrogen) atoms. The second-order valence-electron chi connectivity index (χ2n) is 7.46. The molecule has 0 saturated carbocycles. The lowest BCUT2D eigenvalue weighted by molar-refractivity contribution is 0.292. The molecule has 2 aromatic rings. The van der Waals surface area contributed by atoms with E-state index in [1.54, 1.807) is 0 Å². The van der Waals surface area contributed by atoms with Gasteiger partial charge in [-0.1, -0.05) is 38.1 Å². The van der Waals surface area contributed by atoms with Crippen molar-refractivity contribution < 1.29 is 0 Å². The quantitative estimate of drug-likeness (QED) is 0.248. The second kappa shape index (κ2) is 15.2. The van der Waals surface area contributed by atoms with Crippen LogP contribution in [0, 0.1) is 0 Å². The van der Waals surface area contributed by atoms with Crippen molar-refractivity contribution in [1.29, 1.82) is 0 Å². The first-order chi connectivity index (χ1) is 14.1. The lowest BCUT2D eigenvalue weighted by Gasteiger charge is -2.21. The molecule has 0 saturated heterocycles. The van der Waals surface area contributed by atoms with E-state index >= 15 is 0 Å². The van der Waals surface area contributed by atoms with Crippen LogP contribution in [0.3, 0.4) is 0 Å². The van der Waals surface area contributed by atoms with Crippen LogP contribution < -0.4 is 10.6 Å². The maximum Gasteiger partial charge on any atom is 0.191 e. The fraction of sp³-hybridized carbons (Fsp3) is 0.565. The predicted octanol–water partition coefficient (Wildman–Crippen LogP) is 4.12. The molecule has 0 aliphatic carbocycles. The minimum absolute atomic E-state index is 0. The van der Waals surface area contributed by atoms with Crippen molar-refractivity contribution in [2.75, 3.05) is 26.2 Å². The Labute approximate surface area is 199 Å². The molecule has 2 rings (SSSR count). The Balaban J connectivity index is 0.00000450. The molecule has 0 aliphatic heterocycles. The molecule has 7 heteroatoms. The van der Waals surface area contributed by atoms with Crippen LogP contribution in [0.4, 0.5) is 0 Å². The summed E-state index contributed by atoms with van der Waals surface area (Å²) in [5, 5.41) is 6.91. The van der Waals surface area contributed by atoms with E-state index in [4.69, 9.17) is 4.99 Å². The van der Waals surface area contributed by atoms with E-state index in [0.717, 1.165) is 45.1 Å². The number of aromatic nitrogens is 2. The van der Waals surface area contributed by atoms with Crippen LogP contribution in [0.25, 0.3) is 0 Å². The molecule has 0 bridgehead atoms. The standard InChI is InChI=1S/C23H38N6.HI/c1-5-25-23(27-20(4)9-8-15-28(6-2)7-3)26-17-21-10-12-22(13-11-21)18-29-16-14-24-19-29;/h10-14,16,19-20H,5-9,15,17-18H2,1-4H3,(H2,25,26,27);1H. The molecule has 1 aromatic heterocycles. The number of nitrogens with zero attached hydrogens (tertiary/aromatic N) is 4. The summed E-state index contributed by atoms with van der Waals surface area (Å²) in [6.07, 6.45) is 7.98. The number of hydrogen-bond acceptors (Lipinski definition) is 3. The third-order valence-electron chi connectivity index (χ3n) is 5.10. The van der Waals surface area contributed by atoms with E-state index in [1.807, 2.05) is 18.7 Å². The van der Waals surface area contributed by atoms with Gasteiger partial charge in [-0.2, -0.15) is 0 Å². The highest BCUT2D eigenvalue weighted by Gasteiger charge is 2.07. The van der Waals surface area contributed by atoms with E-state index in [0.29, 0.717) is 12.6 Å². The first-order valence-electron chi connectivity index (χ1n) is 10.9. The summed E-state index contributed by atoms with van der Waals surface area (Å²) in [6, 6.07) is 9.06. The van der Waals surface area contributed by atoms with Crippen molar-refractivity contribution >= 4 is 29.9 Å². The molecule has 6 nitrogen and oxygen atoms in total. The van der Waals surface area contributed by atoms with Gasteiger partial charge in [0, 0.05) is 31.5 Å². The average Bonchev–Trinajstić information content (AvgIpc) is 3.24.